The van der Waals surface area contributed by atoms with Crippen LogP contribution in [-0.4, -0.2) is 17.0 Å². The van der Waals surface area contributed by atoms with Gasteiger partial charge in [0.05, 0.1) is 11.7 Å². The second-order valence-electron chi connectivity index (χ2n) is 3.77. The van der Waals surface area contributed by atoms with Crippen LogP contribution in [-0.2, 0) is 0 Å². The third-order valence-corrected chi connectivity index (χ3v) is 2.81. The van der Waals surface area contributed by atoms with Crippen LogP contribution < -0.4 is 5.32 Å². The molecule has 1 saturated carbocycles. The van der Waals surface area contributed by atoms with Gasteiger partial charge in [-0.2, -0.15) is 0 Å². The highest BCUT2D eigenvalue weighted by atomic mass is 14.9. The molecule has 0 bridgehead atoms. The van der Waals surface area contributed by atoms with Crippen LogP contribution in [0.1, 0.15) is 25.1 Å². The molecule has 0 spiro atoms. The van der Waals surface area contributed by atoms with Crippen molar-refractivity contribution in [1.82, 2.24) is 15.3 Å². The maximum atomic E-state index is 4.32. The van der Waals surface area contributed by atoms with Crippen molar-refractivity contribution in [2.24, 2.45) is 11.8 Å². The first kappa shape index (κ1) is 8.63. The lowest BCUT2D eigenvalue weighted by Crippen LogP contribution is -2.20. The maximum absolute atomic E-state index is 4.32. The summed E-state index contributed by atoms with van der Waals surface area (Å²) >= 11 is 0. The highest BCUT2D eigenvalue weighted by molar-refractivity contribution is 5.08. The Balaban J connectivity index is 2.13. The topological polar surface area (TPSA) is 37.8 Å². The third kappa shape index (κ3) is 1.70. The van der Waals surface area contributed by atoms with E-state index in [1.54, 1.807) is 12.4 Å². The van der Waals surface area contributed by atoms with Crippen LogP contribution in [0.5, 0.6) is 0 Å². The summed E-state index contributed by atoms with van der Waals surface area (Å²) in [6, 6.07) is 0.392. The molecule has 3 unspecified atom stereocenters. The zero-order chi connectivity index (χ0) is 9.26. The molecule has 0 saturated heterocycles. The fourth-order valence-electron chi connectivity index (χ4n) is 1.87. The lowest BCUT2D eigenvalue weighted by molar-refractivity contribution is 0.490. The summed E-state index contributed by atoms with van der Waals surface area (Å²) in [5.74, 6) is 1.58. The zero-order valence-electron chi connectivity index (χ0n) is 8.07. The van der Waals surface area contributed by atoms with Crippen LogP contribution in [0, 0.1) is 11.8 Å². The van der Waals surface area contributed by atoms with Crippen molar-refractivity contribution in [2.75, 3.05) is 7.05 Å². The molecule has 1 aromatic rings. The van der Waals surface area contributed by atoms with Gasteiger partial charge in [0.15, 0.2) is 0 Å². The van der Waals surface area contributed by atoms with Gasteiger partial charge in [-0.1, -0.05) is 6.92 Å². The summed E-state index contributed by atoms with van der Waals surface area (Å²) in [4.78, 5) is 8.41. The first-order valence-corrected chi connectivity index (χ1v) is 4.76. The molecule has 1 heterocycles. The lowest BCUT2D eigenvalue weighted by Gasteiger charge is -2.14. The second kappa shape index (κ2) is 3.42. The predicted molar refractivity (Wildman–Crippen MR) is 51.1 cm³/mol. The van der Waals surface area contributed by atoms with Gasteiger partial charge in [-0.25, -0.2) is 0 Å². The average molecular weight is 177 g/mol. The summed E-state index contributed by atoms with van der Waals surface area (Å²) in [7, 11) is 1.99. The highest BCUT2D eigenvalue weighted by Crippen LogP contribution is 2.46. The molecule has 70 valence electrons. The quantitative estimate of drug-likeness (QED) is 0.758. The van der Waals surface area contributed by atoms with Crippen molar-refractivity contribution in [1.29, 1.82) is 0 Å². The second-order valence-corrected chi connectivity index (χ2v) is 3.77. The van der Waals surface area contributed by atoms with Crippen LogP contribution in [0.25, 0.3) is 0 Å². The number of hydrogen-bond donors (Lipinski definition) is 1. The van der Waals surface area contributed by atoms with Crippen molar-refractivity contribution in [2.45, 2.75) is 19.4 Å². The van der Waals surface area contributed by atoms with E-state index in [0.717, 1.165) is 17.5 Å². The smallest absolute Gasteiger partial charge is 0.0758 e. The summed E-state index contributed by atoms with van der Waals surface area (Å²) in [5.41, 5.74) is 1.07. The van der Waals surface area contributed by atoms with Crippen molar-refractivity contribution < 1.29 is 0 Å². The summed E-state index contributed by atoms with van der Waals surface area (Å²) in [6.45, 7) is 2.28. The van der Waals surface area contributed by atoms with E-state index in [1.165, 1.54) is 6.42 Å². The molecule has 1 aliphatic rings. The summed E-state index contributed by atoms with van der Waals surface area (Å²) < 4.78 is 0. The van der Waals surface area contributed by atoms with E-state index >= 15 is 0 Å². The Kier molecular flexibility index (Phi) is 2.27. The Labute approximate surface area is 78.6 Å². The largest absolute Gasteiger partial charge is 0.311 e. The van der Waals surface area contributed by atoms with E-state index in [0.29, 0.717) is 6.04 Å². The molecular weight excluding hydrogens is 162 g/mol. The molecule has 2 rings (SSSR count). The SMILES string of the molecule is CNC(c1cnccn1)C1CC1C. The number of rotatable bonds is 3. The monoisotopic (exact) mass is 177 g/mol. The van der Waals surface area contributed by atoms with Gasteiger partial charge in [-0.15, -0.1) is 0 Å². The van der Waals surface area contributed by atoms with Gasteiger partial charge in [-0.05, 0) is 25.3 Å². The maximum Gasteiger partial charge on any atom is 0.0758 e. The number of aromatic nitrogens is 2. The Morgan fingerprint density at radius 3 is 2.77 bits per heavy atom. The Hall–Kier alpha value is -0.960. The lowest BCUT2D eigenvalue weighted by atomic mass is 10.1. The predicted octanol–water partition coefficient (Wildman–Crippen LogP) is 1.39. The molecule has 3 atom stereocenters. The zero-order valence-corrected chi connectivity index (χ0v) is 8.07. The minimum atomic E-state index is 0.392. The van der Waals surface area contributed by atoms with Crippen LogP contribution in [0.3, 0.4) is 0 Å². The Morgan fingerprint density at radius 1 is 1.54 bits per heavy atom. The highest BCUT2D eigenvalue weighted by Gasteiger charge is 2.40. The van der Waals surface area contributed by atoms with Gasteiger partial charge in [0.25, 0.3) is 0 Å². The molecular formula is C10H15N3. The molecule has 13 heavy (non-hydrogen) atoms. The molecule has 1 aromatic heterocycles. The van der Waals surface area contributed by atoms with Crippen LogP contribution >= 0.6 is 0 Å². The minimum absolute atomic E-state index is 0.392. The van der Waals surface area contributed by atoms with Gasteiger partial charge in [0, 0.05) is 18.6 Å². The van der Waals surface area contributed by atoms with E-state index in [4.69, 9.17) is 0 Å². The molecule has 0 amide bonds. The molecule has 3 nitrogen and oxygen atoms in total. The van der Waals surface area contributed by atoms with E-state index in [9.17, 15) is 0 Å². The number of nitrogens with one attached hydrogen (secondary N) is 1. The van der Waals surface area contributed by atoms with E-state index < -0.39 is 0 Å². The third-order valence-electron chi connectivity index (χ3n) is 2.81. The van der Waals surface area contributed by atoms with Gasteiger partial charge in [0.1, 0.15) is 0 Å². The Morgan fingerprint density at radius 2 is 2.31 bits per heavy atom. The average Bonchev–Trinajstić information content (AvgIpc) is 2.86. The molecule has 0 radical (unpaired) electrons. The first-order chi connectivity index (χ1) is 6.33. The van der Waals surface area contributed by atoms with Crippen molar-refractivity contribution in [3.05, 3.63) is 24.3 Å². The fraction of sp³-hybridized carbons (Fsp3) is 0.600. The Bertz CT molecular complexity index is 273. The summed E-state index contributed by atoms with van der Waals surface area (Å²) in [5, 5.41) is 3.31. The molecule has 1 aliphatic carbocycles. The van der Waals surface area contributed by atoms with Crippen molar-refractivity contribution >= 4 is 0 Å². The van der Waals surface area contributed by atoms with E-state index in [2.05, 4.69) is 22.2 Å². The van der Waals surface area contributed by atoms with E-state index in [1.807, 2.05) is 13.2 Å². The fourth-order valence-corrected chi connectivity index (χ4v) is 1.87. The number of hydrogen-bond acceptors (Lipinski definition) is 3. The molecule has 0 aliphatic heterocycles. The number of nitrogens with zero attached hydrogens (tertiary/aromatic N) is 2. The van der Waals surface area contributed by atoms with Gasteiger partial charge in [0.2, 0.25) is 0 Å². The van der Waals surface area contributed by atoms with Crippen LogP contribution in [0.2, 0.25) is 0 Å². The van der Waals surface area contributed by atoms with Gasteiger partial charge in [-0.3, -0.25) is 9.97 Å². The minimum Gasteiger partial charge on any atom is -0.311 e. The van der Waals surface area contributed by atoms with Crippen LogP contribution in [0.15, 0.2) is 18.6 Å². The van der Waals surface area contributed by atoms with Crippen molar-refractivity contribution in [3.8, 4) is 0 Å². The standard InChI is InChI=1S/C10H15N3/c1-7-5-8(7)10(11-2)9-6-12-3-4-13-9/h3-4,6-8,10-11H,5H2,1-2H3. The van der Waals surface area contributed by atoms with Gasteiger partial charge >= 0.3 is 0 Å². The molecule has 3 heteroatoms. The summed E-state index contributed by atoms with van der Waals surface area (Å²) in [6.07, 6.45) is 6.63. The molecule has 0 aromatic carbocycles. The van der Waals surface area contributed by atoms with E-state index in [-0.39, 0.29) is 0 Å². The van der Waals surface area contributed by atoms with Crippen LogP contribution in [0.4, 0.5) is 0 Å². The molecule has 1 fully saturated rings. The normalized spacial score (nSPS) is 28.5. The molecule has 1 N–H and O–H groups in total. The van der Waals surface area contributed by atoms with Gasteiger partial charge < -0.3 is 5.32 Å². The van der Waals surface area contributed by atoms with Crippen molar-refractivity contribution in [3.63, 3.8) is 0 Å². The first-order valence-electron chi connectivity index (χ1n) is 4.76.